The van der Waals surface area contributed by atoms with Crippen molar-refractivity contribution in [2.24, 2.45) is 0 Å². The molecule has 104 valence electrons. The zero-order chi connectivity index (χ0) is 14.7. The fraction of sp³-hybridized carbons (Fsp3) is 0. The summed E-state index contributed by atoms with van der Waals surface area (Å²) in [4.78, 5) is 19.6. The first-order valence-electron chi connectivity index (χ1n) is 5.90. The maximum absolute atomic E-state index is 13.0. The van der Waals surface area contributed by atoms with Crippen molar-refractivity contribution in [1.82, 2.24) is 20.2 Å². The predicted molar refractivity (Wildman–Crippen MR) is 69.7 cm³/mol. The van der Waals surface area contributed by atoms with Crippen LogP contribution >= 0.6 is 0 Å². The Kier molecular flexibility index (Phi) is 3.34. The van der Waals surface area contributed by atoms with Crippen LogP contribution in [-0.4, -0.2) is 26.1 Å². The van der Waals surface area contributed by atoms with Crippen LogP contribution in [0.15, 0.2) is 47.1 Å². The minimum Gasteiger partial charge on any atom is -0.401 e. The van der Waals surface area contributed by atoms with Crippen LogP contribution in [0.2, 0.25) is 0 Å². The van der Waals surface area contributed by atoms with E-state index in [-0.39, 0.29) is 17.6 Å². The van der Waals surface area contributed by atoms with Crippen molar-refractivity contribution < 1.29 is 13.6 Å². The lowest BCUT2D eigenvalue weighted by molar-refractivity contribution is 0.101. The van der Waals surface area contributed by atoms with E-state index < -0.39 is 11.7 Å². The van der Waals surface area contributed by atoms with Crippen molar-refractivity contribution in [3.8, 4) is 11.6 Å². The standard InChI is InChI=1S/C13H8FN5O2/c14-8-4-6-16-10(7-8)11(20)17-13-19-18-12(21-13)9-3-1-2-5-15-9/h1-7H,(H,17,19,20). The molecule has 3 aromatic heterocycles. The van der Waals surface area contributed by atoms with E-state index in [1.165, 1.54) is 6.20 Å². The molecule has 0 aliphatic carbocycles. The summed E-state index contributed by atoms with van der Waals surface area (Å²) < 4.78 is 18.3. The number of hydrogen-bond donors (Lipinski definition) is 1. The molecule has 8 heteroatoms. The molecule has 3 heterocycles. The number of pyridine rings is 2. The minimum atomic E-state index is -0.647. The molecular formula is C13H8FN5O2. The number of amides is 1. The molecule has 0 aliphatic heterocycles. The van der Waals surface area contributed by atoms with Gasteiger partial charge in [0.2, 0.25) is 0 Å². The maximum atomic E-state index is 13.0. The number of aromatic nitrogens is 4. The third-order valence-electron chi connectivity index (χ3n) is 2.48. The van der Waals surface area contributed by atoms with Crippen molar-refractivity contribution in [3.05, 3.63) is 54.2 Å². The van der Waals surface area contributed by atoms with Crippen LogP contribution < -0.4 is 5.32 Å². The Labute approximate surface area is 117 Å². The van der Waals surface area contributed by atoms with Gasteiger partial charge in [-0.05, 0) is 18.2 Å². The first-order chi connectivity index (χ1) is 10.2. The van der Waals surface area contributed by atoms with Gasteiger partial charge in [-0.3, -0.25) is 20.1 Å². The molecule has 0 radical (unpaired) electrons. The summed E-state index contributed by atoms with van der Waals surface area (Å²) in [5, 5.41) is 9.77. The van der Waals surface area contributed by atoms with E-state index in [9.17, 15) is 9.18 Å². The second-order valence-electron chi connectivity index (χ2n) is 3.94. The number of hydrogen-bond acceptors (Lipinski definition) is 6. The third-order valence-corrected chi connectivity index (χ3v) is 2.48. The Morgan fingerprint density at radius 2 is 2.05 bits per heavy atom. The van der Waals surface area contributed by atoms with E-state index in [1.54, 1.807) is 24.4 Å². The molecule has 0 saturated heterocycles. The molecule has 0 saturated carbocycles. The van der Waals surface area contributed by atoms with Crippen molar-refractivity contribution in [2.45, 2.75) is 0 Å². The molecule has 1 N–H and O–H groups in total. The van der Waals surface area contributed by atoms with Gasteiger partial charge in [-0.25, -0.2) is 4.39 Å². The zero-order valence-corrected chi connectivity index (χ0v) is 10.5. The van der Waals surface area contributed by atoms with Crippen LogP contribution in [0.1, 0.15) is 10.5 Å². The van der Waals surface area contributed by atoms with E-state index >= 15 is 0 Å². The molecule has 3 aromatic rings. The molecule has 0 fully saturated rings. The van der Waals surface area contributed by atoms with Gasteiger partial charge in [-0.15, -0.1) is 5.10 Å². The van der Waals surface area contributed by atoms with Crippen molar-refractivity contribution >= 4 is 11.9 Å². The molecule has 0 atom stereocenters. The van der Waals surface area contributed by atoms with Gasteiger partial charge < -0.3 is 4.42 Å². The highest BCUT2D eigenvalue weighted by Crippen LogP contribution is 2.17. The van der Waals surface area contributed by atoms with Crippen LogP contribution in [-0.2, 0) is 0 Å². The Morgan fingerprint density at radius 3 is 2.81 bits per heavy atom. The summed E-state index contributed by atoms with van der Waals surface area (Å²) in [5.41, 5.74) is 0.391. The summed E-state index contributed by atoms with van der Waals surface area (Å²) in [7, 11) is 0. The maximum Gasteiger partial charge on any atom is 0.322 e. The Balaban J connectivity index is 1.77. The third kappa shape index (κ3) is 2.89. The molecule has 0 aliphatic rings. The Morgan fingerprint density at radius 1 is 1.14 bits per heavy atom. The summed E-state index contributed by atoms with van der Waals surface area (Å²) >= 11 is 0. The van der Waals surface area contributed by atoms with Crippen LogP contribution in [0.3, 0.4) is 0 Å². The Hall–Kier alpha value is -3.16. The van der Waals surface area contributed by atoms with Crippen LogP contribution in [0.5, 0.6) is 0 Å². The number of carbonyl (C=O) groups excluding carboxylic acids is 1. The number of rotatable bonds is 3. The normalized spacial score (nSPS) is 10.3. The number of nitrogens with zero attached hydrogens (tertiary/aromatic N) is 4. The number of carbonyl (C=O) groups is 1. The topological polar surface area (TPSA) is 93.8 Å². The van der Waals surface area contributed by atoms with E-state index in [2.05, 4.69) is 25.5 Å². The number of nitrogens with one attached hydrogen (secondary N) is 1. The van der Waals surface area contributed by atoms with Gasteiger partial charge in [0, 0.05) is 18.5 Å². The second kappa shape index (κ2) is 5.45. The summed E-state index contributed by atoms with van der Waals surface area (Å²) in [6, 6.07) is 7.23. The van der Waals surface area contributed by atoms with Gasteiger partial charge in [0.1, 0.15) is 17.2 Å². The van der Waals surface area contributed by atoms with Crippen LogP contribution in [0, 0.1) is 5.82 Å². The predicted octanol–water partition coefficient (Wildman–Crippen LogP) is 1.92. The molecule has 0 bridgehead atoms. The van der Waals surface area contributed by atoms with Gasteiger partial charge in [0.15, 0.2) is 0 Å². The largest absolute Gasteiger partial charge is 0.401 e. The molecule has 0 unspecified atom stereocenters. The highest BCUT2D eigenvalue weighted by atomic mass is 19.1. The van der Waals surface area contributed by atoms with Crippen molar-refractivity contribution in [1.29, 1.82) is 0 Å². The lowest BCUT2D eigenvalue weighted by Gasteiger charge is -1.99. The number of halogens is 1. The minimum absolute atomic E-state index is 0.0902. The first-order valence-corrected chi connectivity index (χ1v) is 5.90. The van der Waals surface area contributed by atoms with Crippen molar-refractivity contribution in [3.63, 3.8) is 0 Å². The van der Waals surface area contributed by atoms with Gasteiger partial charge in [-0.1, -0.05) is 11.2 Å². The first kappa shape index (κ1) is 12.9. The second-order valence-corrected chi connectivity index (χ2v) is 3.94. The van der Waals surface area contributed by atoms with Crippen LogP contribution in [0.4, 0.5) is 10.4 Å². The van der Waals surface area contributed by atoms with E-state index in [0.717, 1.165) is 12.1 Å². The quantitative estimate of drug-likeness (QED) is 0.790. The summed E-state index contributed by atoms with van der Waals surface area (Å²) in [6.45, 7) is 0. The van der Waals surface area contributed by atoms with Gasteiger partial charge in [0.05, 0.1) is 0 Å². The number of anilines is 1. The average molecular weight is 285 g/mol. The fourth-order valence-electron chi connectivity index (χ4n) is 1.56. The van der Waals surface area contributed by atoms with E-state index in [4.69, 9.17) is 4.42 Å². The SMILES string of the molecule is O=C(Nc1nnc(-c2ccccn2)o1)c1cc(F)ccn1. The smallest absolute Gasteiger partial charge is 0.322 e. The Bertz CT molecular complexity index is 775. The molecule has 7 nitrogen and oxygen atoms in total. The fourth-order valence-corrected chi connectivity index (χ4v) is 1.56. The highest BCUT2D eigenvalue weighted by Gasteiger charge is 2.14. The monoisotopic (exact) mass is 285 g/mol. The lowest BCUT2D eigenvalue weighted by Crippen LogP contribution is -2.14. The van der Waals surface area contributed by atoms with E-state index in [0.29, 0.717) is 5.69 Å². The van der Waals surface area contributed by atoms with Crippen molar-refractivity contribution in [2.75, 3.05) is 5.32 Å². The molecule has 0 spiro atoms. The summed E-state index contributed by atoms with van der Waals surface area (Å²) in [5.74, 6) is -1.04. The van der Waals surface area contributed by atoms with Gasteiger partial charge >= 0.3 is 6.01 Å². The average Bonchev–Trinajstić information content (AvgIpc) is 2.97. The lowest BCUT2D eigenvalue weighted by atomic mass is 10.3. The molecule has 1 amide bonds. The van der Waals surface area contributed by atoms with Crippen LogP contribution in [0.25, 0.3) is 11.6 Å². The highest BCUT2D eigenvalue weighted by molar-refractivity contribution is 6.01. The van der Waals surface area contributed by atoms with E-state index in [1.807, 2.05) is 0 Å². The molecule has 21 heavy (non-hydrogen) atoms. The summed E-state index contributed by atoms with van der Waals surface area (Å²) in [6.07, 6.45) is 2.77. The molecular weight excluding hydrogens is 277 g/mol. The molecule has 0 aromatic carbocycles. The van der Waals surface area contributed by atoms with Gasteiger partial charge in [-0.2, -0.15) is 0 Å². The molecule has 3 rings (SSSR count). The zero-order valence-electron chi connectivity index (χ0n) is 10.5. The van der Waals surface area contributed by atoms with Gasteiger partial charge in [0.25, 0.3) is 11.8 Å².